The lowest BCUT2D eigenvalue weighted by Crippen LogP contribution is -2.64. The maximum atomic E-state index is 12.9. The summed E-state index contributed by atoms with van der Waals surface area (Å²) in [6, 6.07) is 0. The van der Waals surface area contributed by atoms with Crippen LogP contribution in [0.3, 0.4) is 0 Å². The average Bonchev–Trinajstić information content (AvgIpc) is 3.16. The van der Waals surface area contributed by atoms with E-state index in [1.165, 1.54) is 20.8 Å². The smallest absolute Gasteiger partial charge is 0.309 e. The Labute approximate surface area is 237 Å². The molecule has 1 saturated carbocycles. The molecule has 1 spiro atoms. The highest BCUT2D eigenvalue weighted by atomic mass is 16.8. The summed E-state index contributed by atoms with van der Waals surface area (Å²) in [4.78, 5) is 49.9. The Morgan fingerprint density at radius 2 is 1.70 bits per heavy atom. The highest BCUT2D eigenvalue weighted by Gasteiger charge is 2.72. The van der Waals surface area contributed by atoms with Gasteiger partial charge in [-0.2, -0.15) is 0 Å². The van der Waals surface area contributed by atoms with E-state index in [4.69, 9.17) is 23.7 Å². The molecule has 0 unspecified atom stereocenters. The Balaban J connectivity index is 2.28. The molecule has 0 amide bonds. The molecule has 9 nitrogen and oxygen atoms in total. The van der Waals surface area contributed by atoms with Gasteiger partial charge in [-0.1, -0.05) is 52.5 Å². The third kappa shape index (κ3) is 5.90. The Bertz CT molecular complexity index is 1080. The van der Waals surface area contributed by atoms with E-state index in [1.54, 1.807) is 12.2 Å². The molecule has 0 radical (unpaired) electrons. The SMILES string of the molecule is C=CC(=C)CC[C@]1(C)[C@H](C)C[C@H](OC(C)=O)[C@@]23C(=C[C@H](OC(=O)[C@H](C)CC)C[C@@H]12)[C@@H](OC(C)=O)O[C@H]3OC(C)=O. The highest BCUT2D eigenvalue weighted by Crippen LogP contribution is 2.68. The van der Waals surface area contributed by atoms with Crippen molar-refractivity contribution in [2.45, 2.75) is 105 Å². The summed E-state index contributed by atoms with van der Waals surface area (Å²) in [5, 5.41) is 0. The molecule has 3 aliphatic rings. The van der Waals surface area contributed by atoms with Crippen molar-refractivity contribution in [3.63, 3.8) is 0 Å². The fraction of sp³-hybridized carbons (Fsp3) is 0.677. The van der Waals surface area contributed by atoms with Crippen molar-refractivity contribution in [1.82, 2.24) is 0 Å². The number of allylic oxidation sites excluding steroid dienone is 2. The van der Waals surface area contributed by atoms with E-state index >= 15 is 0 Å². The van der Waals surface area contributed by atoms with Gasteiger partial charge in [0.1, 0.15) is 17.6 Å². The van der Waals surface area contributed by atoms with Gasteiger partial charge in [0.15, 0.2) is 0 Å². The normalized spacial score (nSPS) is 35.2. The van der Waals surface area contributed by atoms with Crippen LogP contribution in [0.1, 0.15) is 80.6 Å². The molecule has 40 heavy (non-hydrogen) atoms. The maximum absolute atomic E-state index is 12.9. The van der Waals surface area contributed by atoms with Gasteiger partial charge in [-0.3, -0.25) is 23.9 Å². The molecule has 9 heteroatoms. The second kappa shape index (κ2) is 12.3. The minimum atomic E-state index is -1.21. The highest BCUT2D eigenvalue weighted by molar-refractivity contribution is 5.72. The molecular weight excluding hydrogens is 516 g/mol. The summed E-state index contributed by atoms with van der Waals surface area (Å²) in [5.41, 5.74) is -0.240. The van der Waals surface area contributed by atoms with Gasteiger partial charge in [-0.25, -0.2) is 0 Å². The van der Waals surface area contributed by atoms with Gasteiger partial charge in [-0.05, 0) is 55.4 Å². The van der Waals surface area contributed by atoms with E-state index in [9.17, 15) is 19.2 Å². The van der Waals surface area contributed by atoms with Crippen LogP contribution in [0.5, 0.6) is 0 Å². The monoisotopic (exact) mass is 560 g/mol. The van der Waals surface area contributed by atoms with Gasteiger partial charge in [0.25, 0.3) is 0 Å². The number of ether oxygens (including phenoxy) is 5. The average molecular weight is 561 g/mol. The molecule has 0 aromatic heterocycles. The van der Waals surface area contributed by atoms with Gasteiger partial charge in [-0.15, -0.1) is 0 Å². The zero-order valence-electron chi connectivity index (χ0n) is 24.8. The summed E-state index contributed by atoms with van der Waals surface area (Å²) in [6.07, 6.45) is 2.47. The topological polar surface area (TPSA) is 114 Å². The Kier molecular flexibility index (Phi) is 9.70. The van der Waals surface area contributed by atoms with Crippen molar-refractivity contribution in [3.05, 3.63) is 36.5 Å². The standard InChI is InChI=1S/C31H44O9/c1-10-17(3)12-13-30(9)19(5)14-26(36-20(6)32)31-24(28(37-21(7)33)40-29(31)38-22(8)34)15-23(16-25(30)31)39-27(35)18(4)11-2/h10,15,18-19,23,25-26,28-29H,1,3,11-14,16H2,2,4-9H3/t18-,19-,23+,25+,26+,28+,29-,30-,31-/m1/s1. The number of rotatable bonds is 10. The number of hydrogen-bond acceptors (Lipinski definition) is 9. The predicted molar refractivity (Wildman–Crippen MR) is 146 cm³/mol. The quantitative estimate of drug-likeness (QED) is 0.154. The molecular formula is C31H44O9. The summed E-state index contributed by atoms with van der Waals surface area (Å²) in [7, 11) is 0. The number of carbonyl (C=O) groups is 4. The predicted octanol–water partition coefficient (Wildman–Crippen LogP) is 5.19. The molecule has 1 aliphatic heterocycles. The number of esters is 4. The van der Waals surface area contributed by atoms with Gasteiger partial charge < -0.3 is 18.9 Å². The van der Waals surface area contributed by atoms with E-state index in [0.717, 1.165) is 5.57 Å². The van der Waals surface area contributed by atoms with Crippen LogP contribution in [0.2, 0.25) is 0 Å². The van der Waals surface area contributed by atoms with Crippen LogP contribution in [0, 0.1) is 28.6 Å². The first kappa shape index (κ1) is 31.6. The molecule has 0 bridgehead atoms. The zero-order valence-corrected chi connectivity index (χ0v) is 24.8. The van der Waals surface area contributed by atoms with Crippen LogP contribution in [-0.2, 0) is 42.9 Å². The van der Waals surface area contributed by atoms with Crippen molar-refractivity contribution < 1.29 is 42.9 Å². The fourth-order valence-corrected chi connectivity index (χ4v) is 6.76. The molecule has 0 aromatic carbocycles. The lowest BCUT2D eigenvalue weighted by atomic mass is 9.45. The molecule has 1 saturated heterocycles. The third-order valence-corrected chi connectivity index (χ3v) is 9.23. The maximum Gasteiger partial charge on any atom is 0.309 e. The summed E-state index contributed by atoms with van der Waals surface area (Å²) in [5.74, 6) is -2.63. The van der Waals surface area contributed by atoms with Crippen LogP contribution < -0.4 is 0 Å². The first-order valence-corrected chi connectivity index (χ1v) is 14.1. The molecule has 2 aliphatic carbocycles. The summed E-state index contributed by atoms with van der Waals surface area (Å²) in [6.45, 7) is 19.8. The molecule has 0 N–H and O–H groups in total. The van der Waals surface area contributed by atoms with Crippen LogP contribution in [0.4, 0.5) is 0 Å². The third-order valence-electron chi connectivity index (χ3n) is 9.23. The van der Waals surface area contributed by atoms with Crippen molar-refractivity contribution in [2.24, 2.45) is 28.6 Å². The van der Waals surface area contributed by atoms with E-state index in [0.29, 0.717) is 37.7 Å². The van der Waals surface area contributed by atoms with Gasteiger partial charge >= 0.3 is 23.9 Å². The van der Waals surface area contributed by atoms with Crippen molar-refractivity contribution in [3.8, 4) is 0 Å². The number of hydrogen-bond donors (Lipinski definition) is 0. The first-order valence-electron chi connectivity index (χ1n) is 14.1. The van der Waals surface area contributed by atoms with E-state index in [-0.39, 0.29) is 23.7 Å². The minimum absolute atomic E-state index is 0.0427. The molecule has 222 valence electrons. The Morgan fingerprint density at radius 3 is 2.25 bits per heavy atom. The van der Waals surface area contributed by atoms with Gasteiger partial charge in [0.2, 0.25) is 12.6 Å². The second-order valence-electron chi connectivity index (χ2n) is 11.7. The fourth-order valence-electron chi connectivity index (χ4n) is 6.76. The summed E-state index contributed by atoms with van der Waals surface area (Å²) >= 11 is 0. The van der Waals surface area contributed by atoms with Crippen LogP contribution in [0.15, 0.2) is 36.5 Å². The minimum Gasteiger partial charge on any atom is -0.461 e. The lowest BCUT2D eigenvalue weighted by molar-refractivity contribution is -0.257. The van der Waals surface area contributed by atoms with Crippen LogP contribution in [0.25, 0.3) is 0 Å². The summed E-state index contributed by atoms with van der Waals surface area (Å²) < 4.78 is 29.5. The Morgan fingerprint density at radius 1 is 1.07 bits per heavy atom. The van der Waals surface area contributed by atoms with E-state index in [2.05, 4.69) is 27.0 Å². The van der Waals surface area contributed by atoms with Crippen molar-refractivity contribution in [1.29, 1.82) is 0 Å². The van der Waals surface area contributed by atoms with Crippen molar-refractivity contribution in [2.75, 3.05) is 0 Å². The Hall–Kier alpha value is -2.94. The molecule has 2 fully saturated rings. The molecule has 0 aromatic rings. The lowest BCUT2D eigenvalue weighted by Gasteiger charge is -2.61. The van der Waals surface area contributed by atoms with Gasteiger partial charge in [0, 0.05) is 26.3 Å². The molecule has 1 heterocycles. The van der Waals surface area contributed by atoms with Crippen LogP contribution in [-0.4, -0.2) is 48.7 Å². The van der Waals surface area contributed by atoms with Gasteiger partial charge in [0.05, 0.1) is 5.92 Å². The molecule has 9 atom stereocenters. The van der Waals surface area contributed by atoms with E-state index < -0.39 is 53.5 Å². The zero-order chi connectivity index (χ0) is 30.0. The van der Waals surface area contributed by atoms with Crippen molar-refractivity contribution >= 4 is 23.9 Å². The second-order valence-corrected chi connectivity index (χ2v) is 11.7. The number of carbonyl (C=O) groups excluding carboxylic acids is 4. The van der Waals surface area contributed by atoms with E-state index in [1.807, 2.05) is 13.8 Å². The molecule has 3 rings (SSSR count). The first-order chi connectivity index (χ1) is 18.7. The largest absolute Gasteiger partial charge is 0.461 e. The van der Waals surface area contributed by atoms with Crippen LogP contribution >= 0.6 is 0 Å².